The number of para-hydroxylation sites is 1. The number of carbonyl (C=O) groups excluding carboxylic acids is 2. The molecule has 0 saturated heterocycles. The van der Waals surface area contributed by atoms with E-state index in [1.54, 1.807) is 37.1 Å². The molecule has 0 bridgehead atoms. The number of aryl methyl sites for hydroxylation is 1. The molecule has 9 nitrogen and oxygen atoms in total. The quantitative estimate of drug-likeness (QED) is 0.331. The average molecular weight is 536 g/mol. The third-order valence-electron chi connectivity index (χ3n) is 6.29. The van der Waals surface area contributed by atoms with Crippen LogP contribution in [0.25, 0.3) is 5.69 Å². The van der Waals surface area contributed by atoms with Crippen molar-refractivity contribution in [1.82, 2.24) is 14.7 Å². The molecule has 1 aromatic heterocycles. The first kappa shape index (κ1) is 29.5. The van der Waals surface area contributed by atoms with Crippen molar-refractivity contribution in [2.24, 2.45) is 5.92 Å². The minimum Gasteiger partial charge on any atom is -0.497 e. The summed E-state index contributed by atoms with van der Waals surface area (Å²) in [6.07, 6.45) is 0.747. The predicted molar refractivity (Wildman–Crippen MR) is 155 cm³/mol. The molecule has 210 valence electrons. The predicted octanol–water partition coefficient (Wildman–Crippen LogP) is 6.01. The Hall–Kier alpha value is -4.01. The zero-order valence-corrected chi connectivity index (χ0v) is 24.3. The number of nitrogens with one attached hydrogen (secondary N) is 2. The number of amides is 3. The zero-order valence-electron chi connectivity index (χ0n) is 24.3. The van der Waals surface area contributed by atoms with Gasteiger partial charge in [0.25, 0.3) is 0 Å². The molecule has 0 saturated carbocycles. The summed E-state index contributed by atoms with van der Waals surface area (Å²) >= 11 is 0. The highest BCUT2D eigenvalue weighted by Gasteiger charge is 2.24. The third-order valence-corrected chi connectivity index (χ3v) is 6.29. The van der Waals surface area contributed by atoms with E-state index in [9.17, 15) is 9.59 Å². The van der Waals surface area contributed by atoms with Crippen molar-refractivity contribution < 1.29 is 19.1 Å². The Labute approximate surface area is 231 Å². The fraction of sp³-hybridized carbons (Fsp3) is 0.433. The van der Waals surface area contributed by atoms with E-state index in [2.05, 4.69) is 45.3 Å². The van der Waals surface area contributed by atoms with Crippen LogP contribution in [0.5, 0.6) is 11.5 Å². The summed E-state index contributed by atoms with van der Waals surface area (Å²) < 4.78 is 12.4. The number of benzene rings is 2. The summed E-state index contributed by atoms with van der Waals surface area (Å²) in [6.45, 7) is 12.7. The maximum absolute atomic E-state index is 13.3. The highest BCUT2D eigenvalue weighted by molar-refractivity contribution is 5.97. The summed E-state index contributed by atoms with van der Waals surface area (Å²) in [5.74, 6) is 1.70. The van der Waals surface area contributed by atoms with Gasteiger partial charge in [-0.15, -0.1) is 0 Å². The summed E-state index contributed by atoms with van der Waals surface area (Å²) in [5, 5.41) is 10.7. The number of aromatic nitrogens is 2. The molecule has 0 aliphatic heterocycles. The Kier molecular flexibility index (Phi) is 9.61. The molecule has 39 heavy (non-hydrogen) atoms. The molecule has 3 amide bonds. The van der Waals surface area contributed by atoms with E-state index in [0.717, 1.165) is 23.4 Å². The van der Waals surface area contributed by atoms with Gasteiger partial charge < -0.3 is 25.0 Å². The zero-order chi connectivity index (χ0) is 28.7. The minimum atomic E-state index is -0.385. The molecular formula is C30H41N5O4. The van der Waals surface area contributed by atoms with Crippen LogP contribution in [0.1, 0.15) is 52.3 Å². The van der Waals surface area contributed by atoms with Crippen LogP contribution in [0.2, 0.25) is 0 Å². The topological polar surface area (TPSA) is 97.7 Å². The van der Waals surface area contributed by atoms with Crippen molar-refractivity contribution in [2.75, 3.05) is 37.9 Å². The first-order valence-corrected chi connectivity index (χ1v) is 13.2. The molecule has 0 aliphatic carbocycles. The fourth-order valence-corrected chi connectivity index (χ4v) is 3.93. The fourth-order valence-electron chi connectivity index (χ4n) is 3.93. The standard InChI is InChI=1S/C30H41N5O4/c1-20(2)13-14-34(29(37)31-22-15-23(38-7)17-24(16-22)39-8)19-28(36)32-27-18-26(30(4,5)6)33-35(27)25-12-10-9-11-21(25)3/h9-12,15-18,20H,13-14,19H2,1-8H3,(H,31,37)(H,32,36). The third kappa shape index (κ3) is 7.99. The van der Waals surface area contributed by atoms with Gasteiger partial charge in [-0.05, 0) is 30.9 Å². The van der Waals surface area contributed by atoms with Crippen LogP contribution < -0.4 is 20.1 Å². The Bertz CT molecular complexity index is 1270. The van der Waals surface area contributed by atoms with E-state index < -0.39 is 0 Å². The van der Waals surface area contributed by atoms with E-state index >= 15 is 0 Å². The molecule has 0 fully saturated rings. The number of rotatable bonds is 10. The van der Waals surface area contributed by atoms with E-state index in [1.165, 1.54) is 4.90 Å². The van der Waals surface area contributed by atoms with Gasteiger partial charge in [-0.25, -0.2) is 9.48 Å². The number of carbonyl (C=O) groups is 2. The lowest BCUT2D eigenvalue weighted by atomic mass is 9.92. The summed E-state index contributed by atoms with van der Waals surface area (Å²) in [5.41, 5.74) is 3.06. The molecule has 2 N–H and O–H groups in total. The lowest BCUT2D eigenvalue weighted by Crippen LogP contribution is -2.41. The van der Waals surface area contributed by atoms with E-state index in [-0.39, 0.29) is 23.9 Å². The van der Waals surface area contributed by atoms with Gasteiger partial charge in [0, 0.05) is 41.9 Å². The number of methoxy groups -OCH3 is 2. The first-order chi connectivity index (χ1) is 18.4. The Morgan fingerprint density at radius 2 is 1.64 bits per heavy atom. The van der Waals surface area contributed by atoms with Gasteiger partial charge in [0.1, 0.15) is 23.9 Å². The van der Waals surface area contributed by atoms with E-state index in [0.29, 0.717) is 35.5 Å². The maximum Gasteiger partial charge on any atom is 0.322 e. The van der Waals surface area contributed by atoms with Gasteiger partial charge in [0.2, 0.25) is 5.91 Å². The van der Waals surface area contributed by atoms with E-state index in [1.807, 2.05) is 37.3 Å². The Balaban J connectivity index is 1.84. The van der Waals surface area contributed by atoms with E-state index in [4.69, 9.17) is 14.6 Å². The Morgan fingerprint density at radius 1 is 1.00 bits per heavy atom. The SMILES string of the molecule is COc1cc(NC(=O)N(CCC(C)C)CC(=O)Nc2cc(C(C)(C)C)nn2-c2ccccc2C)cc(OC)c1. The van der Waals surface area contributed by atoms with Crippen LogP contribution in [0.3, 0.4) is 0 Å². The van der Waals surface area contributed by atoms with Crippen LogP contribution in [0.15, 0.2) is 48.5 Å². The number of nitrogens with zero attached hydrogens (tertiary/aromatic N) is 3. The van der Waals surface area contributed by atoms with Crippen LogP contribution in [-0.4, -0.2) is 53.9 Å². The maximum atomic E-state index is 13.3. The second-order valence-electron chi connectivity index (χ2n) is 11.0. The number of anilines is 2. The molecule has 0 unspecified atom stereocenters. The summed E-state index contributed by atoms with van der Waals surface area (Å²) in [6, 6.07) is 14.5. The second kappa shape index (κ2) is 12.7. The van der Waals surface area contributed by atoms with Crippen molar-refractivity contribution >= 4 is 23.4 Å². The first-order valence-electron chi connectivity index (χ1n) is 13.2. The number of ether oxygens (including phenoxy) is 2. The lowest BCUT2D eigenvalue weighted by Gasteiger charge is -2.24. The average Bonchev–Trinajstić information content (AvgIpc) is 3.30. The van der Waals surface area contributed by atoms with Crippen LogP contribution in [0, 0.1) is 12.8 Å². The summed E-state index contributed by atoms with van der Waals surface area (Å²) in [7, 11) is 3.10. The van der Waals surface area contributed by atoms with Gasteiger partial charge in [0.15, 0.2) is 0 Å². The molecule has 0 aliphatic rings. The van der Waals surface area contributed by atoms with Gasteiger partial charge in [-0.2, -0.15) is 5.10 Å². The lowest BCUT2D eigenvalue weighted by molar-refractivity contribution is -0.116. The molecule has 9 heteroatoms. The van der Waals surface area contributed by atoms with Crippen molar-refractivity contribution in [1.29, 1.82) is 0 Å². The van der Waals surface area contributed by atoms with Crippen molar-refractivity contribution in [3.8, 4) is 17.2 Å². The van der Waals surface area contributed by atoms with Crippen LogP contribution in [0.4, 0.5) is 16.3 Å². The van der Waals surface area contributed by atoms with Gasteiger partial charge in [-0.3, -0.25) is 4.79 Å². The molecular weight excluding hydrogens is 494 g/mol. The number of urea groups is 1. The van der Waals surface area contributed by atoms with Crippen LogP contribution >= 0.6 is 0 Å². The van der Waals surface area contributed by atoms with Gasteiger partial charge in [-0.1, -0.05) is 52.8 Å². The van der Waals surface area contributed by atoms with Gasteiger partial charge in [0.05, 0.1) is 25.6 Å². The smallest absolute Gasteiger partial charge is 0.322 e. The molecule has 2 aromatic carbocycles. The molecule has 0 atom stereocenters. The normalized spacial score (nSPS) is 11.3. The second-order valence-corrected chi connectivity index (χ2v) is 11.0. The van der Waals surface area contributed by atoms with Gasteiger partial charge >= 0.3 is 6.03 Å². The highest BCUT2D eigenvalue weighted by Crippen LogP contribution is 2.28. The van der Waals surface area contributed by atoms with Crippen molar-refractivity contribution in [3.63, 3.8) is 0 Å². The number of hydrogen-bond donors (Lipinski definition) is 2. The molecule has 1 heterocycles. The molecule has 0 spiro atoms. The highest BCUT2D eigenvalue weighted by atomic mass is 16.5. The van der Waals surface area contributed by atoms with Crippen LogP contribution in [-0.2, 0) is 10.2 Å². The van der Waals surface area contributed by atoms with Crippen molar-refractivity contribution in [3.05, 3.63) is 59.8 Å². The monoisotopic (exact) mass is 535 g/mol. The molecule has 3 aromatic rings. The van der Waals surface area contributed by atoms with Crippen molar-refractivity contribution in [2.45, 2.75) is 53.4 Å². The minimum absolute atomic E-state index is 0.122. The summed E-state index contributed by atoms with van der Waals surface area (Å²) in [4.78, 5) is 28.2. The Morgan fingerprint density at radius 3 is 2.21 bits per heavy atom. The number of hydrogen-bond acceptors (Lipinski definition) is 5. The molecule has 3 rings (SSSR count). The largest absolute Gasteiger partial charge is 0.497 e. The molecule has 0 radical (unpaired) electrons.